The molecule has 1 nitrogen and oxygen atoms in total. The van der Waals surface area contributed by atoms with Crippen molar-refractivity contribution in [1.29, 1.82) is 0 Å². The average molecular weight is 226 g/mol. The largest absolute Gasteiger partial charge is 0.508 e. The van der Waals surface area contributed by atoms with Crippen LogP contribution in [0.25, 0.3) is 0 Å². The topological polar surface area (TPSA) is 20.2 Å². The maximum absolute atomic E-state index is 9.27. The van der Waals surface area contributed by atoms with Gasteiger partial charge in [0.15, 0.2) is 0 Å². The summed E-state index contributed by atoms with van der Waals surface area (Å²) in [6.45, 7) is 4.49. The van der Waals surface area contributed by atoms with E-state index in [1.165, 1.54) is 11.1 Å². The van der Waals surface area contributed by atoms with Gasteiger partial charge < -0.3 is 5.11 Å². The summed E-state index contributed by atoms with van der Waals surface area (Å²) in [5, 5.41) is 9.27. The third-order valence-corrected chi connectivity index (χ3v) is 3.14. The minimum Gasteiger partial charge on any atom is -0.508 e. The summed E-state index contributed by atoms with van der Waals surface area (Å²) in [6.07, 6.45) is 0.970. The van der Waals surface area contributed by atoms with Crippen molar-refractivity contribution in [3.05, 3.63) is 65.7 Å². The van der Waals surface area contributed by atoms with Gasteiger partial charge in [0.05, 0.1) is 0 Å². The van der Waals surface area contributed by atoms with Crippen LogP contribution in [0.1, 0.15) is 25.0 Å². The maximum Gasteiger partial charge on any atom is 0.115 e. The molecule has 2 rings (SSSR count). The lowest BCUT2D eigenvalue weighted by Crippen LogP contribution is -2.20. The van der Waals surface area contributed by atoms with E-state index in [-0.39, 0.29) is 5.41 Å². The van der Waals surface area contributed by atoms with Gasteiger partial charge in [-0.3, -0.25) is 0 Å². The molecule has 0 spiro atoms. The van der Waals surface area contributed by atoms with Crippen LogP contribution in [0.3, 0.4) is 0 Å². The molecule has 88 valence electrons. The van der Waals surface area contributed by atoms with E-state index in [0.717, 1.165) is 6.42 Å². The number of phenolic OH excluding ortho intramolecular Hbond substituents is 1. The van der Waals surface area contributed by atoms with E-state index in [0.29, 0.717) is 5.75 Å². The van der Waals surface area contributed by atoms with Gasteiger partial charge in [-0.2, -0.15) is 0 Å². The molecular weight excluding hydrogens is 208 g/mol. The van der Waals surface area contributed by atoms with Crippen molar-refractivity contribution in [1.82, 2.24) is 0 Å². The molecule has 1 N–H and O–H groups in total. The Hall–Kier alpha value is -1.76. The van der Waals surface area contributed by atoms with Crippen LogP contribution in [0.2, 0.25) is 0 Å². The molecular formula is C16H18O. The smallest absolute Gasteiger partial charge is 0.115 e. The lowest BCUT2D eigenvalue weighted by Gasteiger charge is -2.25. The highest BCUT2D eigenvalue weighted by Crippen LogP contribution is 2.27. The van der Waals surface area contributed by atoms with E-state index < -0.39 is 0 Å². The van der Waals surface area contributed by atoms with Crippen LogP contribution >= 0.6 is 0 Å². The van der Waals surface area contributed by atoms with Crippen molar-refractivity contribution in [3.8, 4) is 5.75 Å². The molecule has 0 atom stereocenters. The summed E-state index contributed by atoms with van der Waals surface area (Å²) in [4.78, 5) is 0. The Bertz CT molecular complexity index is 469. The van der Waals surface area contributed by atoms with Crippen molar-refractivity contribution >= 4 is 0 Å². The molecule has 0 aliphatic carbocycles. The third kappa shape index (κ3) is 2.88. The molecule has 0 unspecified atom stereocenters. The normalized spacial score (nSPS) is 11.4. The van der Waals surface area contributed by atoms with Crippen LogP contribution < -0.4 is 0 Å². The Morgan fingerprint density at radius 2 is 1.47 bits per heavy atom. The van der Waals surface area contributed by atoms with Crippen LogP contribution in [0, 0.1) is 0 Å². The minimum absolute atomic E-state index is 0.109. The Morgan fingerprint density at radius 1 is 0.882 bits per heavy atom. The Balaban J connectivity index is 2.20. The summed E-state index contributed by atoms with van der Waals surface area (Å²) in [5.41, 5.74) is 2.70. The number of hydrogen-bond donors (Lipinski definition) is 1. The third-order valence-electron chi connectivity index (χ3n) is 3.14. The Morgan fingerprint density at radius 3 is 2.06 bits per heavy atom. The van der Waals surface area contributed by atoms with Gasteiger partial charge in [0.25, 0.3) is 0 Å². The van der Waals surface area contributed by atoms with Gasteiger partial charge in [-0.15, -0.1) is 0 Å². The summed E-state index contributed by atoms with van der Waals surface area (Å²) < 4.78 is 0. The molecule has 0 saturated carbocycles. The monoisotopic (exact) mass is 226 g/mol. The fourth-order valence-electron chi connectivity index (χ4n) is 2.12. The van der Waals surface area contributed by atoms with E-state index in [2.05, 4.69) is 38.1 Å². The van der Waals surface area contributed by atoms with Gasteiger partial charge in [-0.05, 0) is 35.1 Å². The fraction of sp³-hybridized carbons (Fsp3) is 0.250. The van der Waals surface area contributed by atoms with Crippen LogP contribution in [0.15, 0.2) is 54.6 Å². The van der Waals surface area contributed by atoms with Crippen molar-refractivity contribution in [2.75, 3.05) is 0 Å². The SMILES string of the molecule is CC(C)(Cc1ccc(O)cc1)c1ccccc1. The zero-order valence-corrected chi connectivity index (χ0v) is 10.4. The van der Waals surface area contributed by atoms with Gasteiger partial charge in [0.2, 0.25) is 0 Å². The standard InChI is InChI=1S/C16H18O/c1-16(2,14-6-4-3-5-7-14)12-13-8-10-15(17)11-9-13/h3-11,17H,12H2,1-2H3. The number of hydrogen-bond acceptors (Lipinski definition) is 1. The molecule has 0 radical (unpaired) electrons. The van der Waals surface area contributed by atoms with Crippen molar-refractivity contribution in [2.45, 2.75) is 25.7 Å². The average Bonchev–Trinajstić information content (AvgIpc) is 2.33. The zero-order chi connectivity index (χ0) is 12.3. The molecule has 0 aliphatic heterocycles. The maximum atomic E-state index is 9.27. The van der Waals surface area contributed by atoms with E-state index in [9.17, 15) is 5.11 Å². The first-order valence-electron chi connectivity index (χ1n) is 5.91. The Labute approximate surface area is 103 Å². The molecule has 0 bridgehead atoms. The highest BCUT2D eigenvalue weighted by atomic mass is 16.3. The zero-order valence-electron chi connectivity index (χ0n) is 10.4. The van der Waals surface area contributed by atoms with E-state index >= 15 is 0 Å². The van der Waals surface area contributed by atoms with Gasteiger partial charge in [0.1, 0.15) is 5.75 Å². The summed E-state index contributed by atoms with van der Waals surface area (Å²) in [7, 11) is 0. The predicted molar refractivity (Wildman–Crippen MR) is 71.3 cm³/mol. The lowest BCUT2D eigenvalue weighted by atomic mass is 9.79. The predicted octanol–water partition coefficient (Wildman–Crippen LogP) is 3.91. The summed E-state index contributed by atoms with van der Waals surface area (Å²) >= 11 is 0. The van der Waals surface area contributed by atoms with Gasteiger partial charge in [-0.1, -0.05) is 56.3 Å². The molecule has 17 heavy (non-hydrogen) atoms. The highest BCUT2D eigenvalue weighted by Gasteiger charge is 2.20. The summed E-state index contributed by atoms with van der Waals surface area (Å²) in [6, 6.07) is 18.0. The molecule has 0 aliphatic rings. The van der Waals surface area contributed by atoms with E-state index in [1.807, 2.05) is 18.2 Å². The van der Waals surface area contributed by atoms with Crippen molar-refractivity contribution < 1.29 is 5.11 Å². The molecule has 2 aromatic rings. The van der Waals surface area contributed by atoms with Gasteiger partial charge in [-0.25, -0.2) is 0 Å². The van der Waals surface area contributed by atoms with E-state index in [1.54, 1.807) is 12.1 Å². The van der Waals surface area contributed by atoms with E-state index in [4.69, 9.17) is 0 Å². The number of rotatable bonds is 3. The quantitative estimate of drug-likeness (QED) is 0.841. The number of aromatic hydroxyl groups is 1. The Kier molecular flexibility index (Phi) is 3.19. The number of phenols is 1. The van der Waals surface area contributed by atoms with Crippen molar-refractivity contribution in [3.63, 3.8) is 0 Å². The fourth-order valence-corrected chi connectivity index (χ4v) is 2.12. The second kappa shape index (κ2) is 4.62. The molecule has 0 aromatic heterocycles. The minimum atomic E-state index is 0.109. The summed E-state index contributed by atoms with van der Waals surface area (Å²) in [5.74, 6) is 0.325. The first-order chi connectivity index (χ1) is 8.08. The first-order valence-corrected chi connectivity index (χ1v) is 5.91. The molecule has 0 amide bonds. The molecule has 0 heterocycles. The van der Waals surface area contributed by atoms with Crippen LogP contribution in [0.4, 0.5) is 0 Å². The molecule has 0 fully saturated rings. The molecule has 0 saturated heterocycles. The van der Waals surface area contributed by atoms with Crippen LogP contribution in [-0.4, -0.2) is 5.11 Å². The van der Waals surface area contributed by atoms with Crippen LogP contribution in [0.5, 0.6) is 5.75 Å². The highest BCUT2D eigenvalue weighted by molar-refractivity contribution is 5.31. The van der Waals surface area contributed by atoms with Gasteiger partial charge in [0, 0.05) is 0 Å². The lowest BCUT2D eigenvalue weighted by molar-refractivity contribution is 0.474. The molecule has 2 aromatic carbocycles. The second-order valence-corrected chi connectivity index (χ2v) is 5.09. The van der Waals surface area contributed by atoms with Crippen molar-refractivity contribution in [2.24, 2.45) is 0 Å². The second-order valence-electron chi connectivity index (χ2n) is 5.09. The molecule has 1 heteroatoms. The van der Waals surface area contributed by atoms with Crippen LogP contribution in [-0.2, 0) is 11.8 Å². The van der Waals surface area contributed by atoms with Gasteiger partial charge >= 0.3 is 0 Å². The number of benzene rings is 2. The first kappa shape index (κ1) is 11.7.